The molecule has 1 amide bonds. The zero-order valence-electron chi connectivity index (χ0n) is 17.1. The maximum Gasteiger partial charge on any atom is 0.232 e. The average Bonchev–Trinajstić information content (AvgIpc) is 3.46. The van der Waals surface area contributed by atoms with Crippen molar-refractivity contribution < 1.29 is 4.79 Å². The largest absolute Gasteiger partial charge is 0.326 e. The first kappa shape index (κ1) is 20.2. The van der Waals surface area contributed by atoms with Crippen molar-refractivity contribution in [2.45, 2.75) is 31.6 Å². The Morgan fingerprint density at radius 2 is 1.74 bits per heavy atom. The Morgan fingerprint density at radius 3 is 2.52 bits per heavy atom. The van der Waals surface area contributed by atoms with Crippen LogP contribution < -0.4 is 5.32 Å². The molecule has 1 aliphatic carbocycles. The number of carbonyl (C=O) groups excluding carboxylic acids is 1. The quantitative estimate of drug-likeness (QED) is 0.344. The normalized spacial score (nSPS) is 15.3. The molecule has 0 bridgehead atoms. The van der Waals surface area contributed by atoms with Crippen molar-refractivity contribution in [3.05, 3.63) is 83.4 Å². The van der Waals surface area contributed by atoms with Gasteiger partial charge in [0.2, 0.25) is 5.91 Å². The van der Waals surface area contributed by atoms with E-state index in [9.17, 15) is 4.79 Å². The minimum absolute atomic E-state index is 0.0515. The van der Waals surface area contributed by atoms with Crippen molar-refractivity contribution in [2.75, 3.05) is 5.32 Å². The van der Waals surface area contributed by atoms with Crippen LogP contribution in [0.25, 0.3) is 20.8 Å². The number of halogens is 1. The van der Waals surface area contributed by atoms with Crippen LogP contribution in [-0.2, 0) is 4.79 Å². The van der Waals surface area contributed by atoms with Gasteiger partial charge in [0.05, 0.1) is 21.2 Å². The summed E-state index contributed by atoms with van der Waals surface area (Å²) in [6, 6.07) is 23.9. The minimum atomic E-state index is -0.134. The van der Waals surface area contributed by atoms with Gasteiger partial charge in [-0.1, -0.05) is 66.9 Å². The first-order chi connectivity index (χ1) is 15.2. The third-order valence-corrected chi connectivity index (χ3v) is 7.47. The number of nitrogens with one attached hydrogen (secondary N) is 1. The lowest BCUT2D eigenvalue weighted by Crippen LogP contribution is -2.26. The summed E-state index contributed by atoms with van der Waals surface area (Å²) in [7, 11) is 0. The van der Waals surface area contributed by atoms with Gasteiger partial charge in [-0.25, -0.2) is 4.98 Å². The van der Waals surface area contributed by atoms with E-state index < -0.39 is 0 Å². The zero-order valence-corrected chi connectivity index (χ0v) is 18.6. The number of para-hydroxylation sites is 1. The summed E-state index contributed by atoms with van der Waals surface area (Å²) in [5, 5.41) is 4.66. The van der Waals surface area contributed by atoms with Crippen molar-refractivity contribution in [1.82, 2.24) is 4.98 Å². The number of benzene rings is 3. The maximum atomic E-state index is 13.4. The van der Waals surface area contributed by atoms with Gasteiger partial charge in [-0.2, -0.15) is 0 Å². The highest BCUT2D eigenvalue weighted by Crippen LogP contribution is 2.39. The Morgan fingerprint density at radius 1 is 1.00 bits per heavy atom. The molecule has 1 saturated carbocycles. The Kier molecular flexibility index (Phi) is 5.75. The molecule has 0 spiro atoms. The molecule has 31 heavy (non-hydrogen) atoms. The molecule has 0 radical (unpaired) electrons. The Labute approximate surface area is 191 Å². The topological polar surface area (TPSA) is 42.0 Å². The number of rotatable bonds is 5. The summed E-state index contributed by atoms with van der Waals surface area (Å²) in [4.78, 5) is 18.1. The highest BCUT2D eigenvalue weighted by Gasteiger charge is 2.32. The van der Waals surface area contributed by atoms with Crippen LogP contribution in [0.15, 0.2) is 72.8 Å². The molecule has 3 aromatic carbocycles. The summed E-state index contributed by atoms with van der Waals surface area (Å²) in [5.41, 5.74) is 3.64. The van der Waals surface area contributed by atoms with Gasteiger partial charge in [0.15, 0.2) is 0 Å². The Balaban J connectivity index is 1.45. The van der Waals surface area contributed by atoms with Crippen molar-refractivity contribution in [3.63, 3.8) is 0 Å². The molecule has 4 aromatic rings. The number of hydrogen-bond donors (Lipinski definition) is 1. The van der Waals surface area contributed by atoms with Gasteiger partial charge < -0.3 is 5.32 Å². The fourth-order valence-electron chi connectivity index (χ4n) is 4.56. The molecule has 3 nitrogen and oxygen atoms in total. The molecule has 0 saturated heterocycles. The van der Waals surface area contributed by atoms with Crippen molar-refractivity contribution in [1.29, 1.82) is 0 Å². The molecule has 1 atom stereocenters. The van der Waals surface area contributed by atoms with Crippen LogP contribution in [0, 0.1) is 5.92 Å². The molecule has 0 aliphatic heterocycles. The van der Waals surface area contributed by atoms with Gasteiger partial charge >= 0.3 is 0 Å². The number of anilines is 1. The number of hydrogen-bond acceptors (Lipinski definition) is 3. The van der Waals surface area contributed by atoms with Gasteiger partial charge in [-0.3, -0.25) is 4.79 Å². The molecular weight excluding hydrogens is 424 g/mol. The second-order valence-corrected chi connectivity index (χ2v) is 9.54. The van der Waals surface area contributed by atoms with Crippen molar-refractivity contribution in [3.8, 4) is 10.6 Å². The summed E-state index contributed by atoms with van der Waals surface area (Å²) in [6.07, 6.45) is 4.60. The summed E-state index contributed by atoms with van der Waals surface area (Å²) in [6.45, 7) is 0. The fourth-order valence-corrected chi connectivity index (χ4v) is 5.82. The van der Waals surface area contributed by atoms with E-state index in [0.717, 1.165) is 44.9 Å². The van der Waals surface area contributed by atoms with E-state index in [1.807, 2.05) is 54.6 Å². The van der Waals surface area contributed by atoms with E-state index in [4.69, 9.17) is 16.6 Å². The summed E-state index contributed by atoms with van der Waals surface area (Å²) < 4.78 is 1.12. The zero-order chi connectivity index (χ0) is 21.2. The molecule has 1 aliphatic rings. The van der Waals surface area contributed by atoms with E-state index >= 15 is 0 Å². The molecular formula is C26H23ClN2OS. The molecule has 1 heterocycles. The highest BCUT2D eigenvalue weighted by atomic mass is 35.5. The van der Waals surface area contributed by atoms with E-state index in [1.54, 1.807) is 11.3 Å². The summed E-state index contributed by atoms with van der Waals surface area (Å²) in [5.74, 6) is 0.305. The number of aromatic nitrogens is 1. The molecule has 1 N–H and O–H groups in total. The molecule has 1 aromatic heterocycles. The smallest absolute Gasteiger partial charge is 0.232 e. The standard InChI is InChI=1S/C26H23ClN2OS/c27-21-15-14-19(16-20(21)26-29-22-12-6-7-13-23(22)31-26)28-25(30)24(18-10-4-5-11-18)17-8-2-1-3-9-17/h1-3,6-9,12-16,18,24H,4-5,10-11H2,(H,28,30)/t24-/m1/s1. The van der Waals surface area contributed by atoms with E-state index in [1.165, 1.54) is 12.8 Å². The number of amides is 1. The van der Waals surface area contributed by atoms with Crippen LogP contribution in [0.5, 0.6) is 0 Å². The lowest BCUT2D eigenvalue weighted by molar-refractivity contribution is -0.118. The third kappa shape index (κ3) is 4.23. The van der Waals surface area contributed by atoms with Crippen LogP contribution in [0.2, 0.25) is 5.02 Å². The Bertz CT molecular complexity index is 1180. The maximum absolute atomic E-state index is 13.4. The van der Waals surface area contributed by atoms with Gasteiger partial charge in [0.1, 0.15) is 5.01 Å². The van der Waals surface area contributed by atoms with Gasteiger partial charge in [0.25, 0.3) is 0 Å². The monoisotopic (exact) mass is 446 g/mol. The van der Waals surface area contributed by atoms with E-state index in [0.29, 0.717) is 10.9 Å². The average molecular weight is 447 g/mol. The fraction of sp³-hybridized carbons (Fsp3) is 0.231. The number of nitrogens with zero attached hydrogens (tertiary/aromatic N) is 1. The predicted molar refractivity (Wildman–Crippen MR) is 130 cm³/mol. The Hall–Kier alpha value is -2.69. The number of thiazole rings is 1. The van der Waals surface area contributed by atoms with Crippen molar-refractivity contribution >= 4 is 44.7 Å². The predicted octanol–water partition coefficient (Wildman–Crippen LogP) is 7.53. The molecule has 0 unspecified atom stereocenters. The van der Waals surface area contributed by atoms with E-state index in [-0.39, 0.29) is 11.8 Å². The molecule has 1 fully saturated rings. The lowest BCUT2D eigenvalue weighted by atomic mass is 9.84. The van der Waals surface area contributed by atoms with Crippen LogP contribution in [0.1, 0.15) is 37.2 Å². The van der Waals surface area contributed by atoms with Crippen LogP contribution in [-0.4, -0.2) is 10.9 Å². The number of fused-ring (bicyclic) bond motifs is 1. The molecule has 5 rings (SSSR count). The van der Waals surface area contributed by atoms with Gasteiger partial charge in [0, 0.05) is 11.3 Å². The molecule has 5 heteroatoms. The first-order valence-electron chi connectivity index (χ1n) is 10.7. The molecule has 156 valence electrons. The minimum Gasteiger partial charge on any atom is -0.326 e. The van der Waals surface area contributed by atoms with Crippen LogP contribution in [0.4, 0.5) is 5.69 Å². The second kappa shape index (κ2) is 8.81. The van der Waals surface area contributed by atoms with Crippen molar-refractivity contribution in [2.24, 2.45) is 5.92 Å². The third-order valence-electron chi connectivity index (χ3n) is 6.07. The SMILES string of the molecule is O=C(Nc1ccc(Cl)c(-c2nc3ccccc3s2)c1)[C@H](c1ccccc1)C1CCCC1. The summed E-state index contributed by atoms with van der Waals surface area (Å²) >= 11 is 8.12. The number of carbonyl (C=O) groups is 1. The highest BCUT2D eigenvalue weighted by molar-refractivity contribution is 7.21. The van der Waals surface area contributed by atoms with Gasteiger partial charge in [-0.15, -0.1) is 11.3 Å². The first-order valence-corrected chi connectivity index (χ1v) is 11.9. The lowest BCUT2D eigenvalue weighted by Gasteiger charge is -2.23. The van der Waals surface area contributed by atoms with Gasteiger partial charge in [-0.05, 0) is 54.7 Å². The van der Waals surface area contributed by atoms with Crippen LogP contribution in [0.3, 0.4) is 0 Å². The van der Waals surface area contributed by atoms with E-state index in [2.05, 4.69) is 23.5 Å². The van der Waals surface area contributed by atoms with Crippen LogP contribution >= 0.6 is 22.9 Å². The second-order valence-electron chi connectivity index (χ2n) is 8.10.